The van der Waals surface area contributed by atoms with E-state index in [-0.39, 0.29) is 18.4 Å². The first kappa shape index (κ1) is 22.9. The first-order valence-corrected chi connectivity index (χ1v) is 10.1. The molecule has 0 aliphatic carbocycles. The normalized spacial score (nSPS) is 21.2. The van der Waals surface area contributed by atoms with Crippen LogP contribution in [0, 0.1) is 5.92 Å². The van der Waals surface area contributed by atoms with Crippen LogP contribution in [0.1, 0.15) is 40.5 Å². The fourth-order valence-electron chi connectivity index (χ4n) is 3.85. The summed E-state index contributed by atoms with van der Waals surface area (Å²) in [6.07, 6.45) is 2.92. The van der Waals surface area contributed by atoms with Crippen molar-refractivity contribution < 1.29 is 9.59 Å². The van der Waals surface area contributed by atoms with Gasteiger partial charge in [0.15, 0.2) is 0 Å². The van der Waals surface area contributed by atoms with Crippen LogP contribution in [0.4, 0.5) is 0 Å². The van der Waals surface area contributed by atoms with Gasteiger partial charge in [0.1, 0.15) is 0 Å². The van der Waals surface area contributed by atoms with Crippen LogP contribution < -0.4 is 11.1 Å². The van der Waals surface area contributed by atoms with Gasteiger partial charge in [0.05, 0.1) is 6.04 Å². The van der Waals surface area contributed by atoms with Gasteiger partial charge in [-0.15, -0.1) is 0 Å². The van der Waals surface area contributed by atoms with E-state index in [4.69, 9.17) is 4.79 Å². The summed E-state index contributed by atoms with van der Waals surface area (Å²) in [5, 5.41) is 3.32. The highest BCUT2D eigenvalue weighted by atomic mass is 16.2. The second kappa shape index (κ2) is 12.3. The molecular weight excluding hydrogens is 330 g/mol. The van der Waals surface area contributed by atoms with Gasteiger partial charge in [-0.1, -0.05) is 20.8 Å². The number of piperidine rings is 1. The van der Waals surface area contributed by atoms with Gasteiger partial charge in [0.2, 0.25) is 12.3 Å². The second-order valence-corrected chi connectivity index (χ2v) is 7.68. The molecule has 1 unspecified atom stereocenters. The molecule has 7 heteroatoms. The minimum Gasteiger partial charge on any atom is -0.372 e. The third-order valence-electron chi connectivity index (χ3n) is 5.31. The van der Waals surface area contributed by atoms with E-state index in [9.17, 15) is 4.79 Å². The average Bonchev–Trinajstić information content (AvgIpc) is 2.62. The summed E-state index contributed by atoms with van der Waals surface area (Å²) in [6, 6.07) is 0.282. The quantitative estimate of drug-likeness (QED) is 0.660. The molecule has 2 aliphatic heterocycles. The summed E-state index contributed by atoms with van der Waals surface area (Å²) in [5.41, 5.74) is 4.17. The van der Waals surface area contributed by atoms with Crippen LogP contribution in [0.15, 0.2) is 0 Å². The summed E-state index contributed by atoms with van der Waals surface area (Å²) in [5.74, 6) is 1.11. The molecule has 2 amide bonds. The van der Waals surface area contributed by atoms with Gasteiger partial charge in [-0.3, -0.25) is 14.5 Å². The fraction of sp³-hybridized carbons (Fsp3) is 0.895. The molecule has 2 heterocycles. The maximum absolute atomic E-state index is 12.4. The minimum absolute atomic E-state index is 0.0695. The lowest BCUT2D eigenvalue weighted by molar-refractivity contribution is -0.135. The zero-order chi connectivity index (χ0) is 19.5. The number of piperazine rings is 1. The summed E-state index contributed by atoms with van der Waals surface area (Å²) in [6.45, 7) is 17.2. The molecule has 3 N–H and O–H groups in total. The molecule has 0 spiro atoms. The van der Waals surface area contributed by atoms with Gasteiger partial charge in [-0.25, -0.2) is 0 Å². The van der Waals surface area contributed by atoms with E-state index < -0.39 is 0 Å². The Bertz CT molecular complexity index is 403. The zero-order valence-electron chi connectivity index (χ0n) is 17.1. The Kier molecular flexibility index (Phi) is 10.8. The molecule has 7 nitrogen and oxygen atoms in total. The van der Waals surface area contributed by atoms with Gasteiger partial charge in [0.25, 0.3) is 0 Å². The fourth-order valence-corrected chi connectivity index (χ4v) is 3.85. The molecule has 2 fully saturated rings. The van der Waals surface area contributed by atoms with Crippen LogP contribution in [-0.4, -0.2) is 91.5 Å². The van der Waals surface area contributed by atoms with E-state index in [1.54, 1.807) is 0 Å². The number of carbonyl (C=O) groups excluding carboxylic acids is 2. The molecule has 2 saturated heterocycles. The Morgan fingerprint density at radius 1 is 1.08 bits per heavy atom. The van der Waals surface area contributed by atoms with Crippen molar-refractivity contribution >= 4 is 12.3 Å². The minimum atomic E-state index is -0.0695. The lowest BCUT2D eigenvalue weighted by atomic mass is 9.96. The molecule has 2 aliphatic rings. The molecule has 0 bridgehead atoms. The number of nitrogens with zero attached hydrogens (tertiary/aromatic N) is 3. The molecule has 0 aromatic carbocycles. The lowest BCUT2D eigenvalue weighted by Crippen LogP contribution is -2.55. The van der Waals surface area contributed by atoms with Crippen LogP contribution in [0.25, 0.3) is 0 Å². The summed E-state index contributed by atoms with van der Waals surface area (Å²) >= 11 is 0. The maximum atomic E-state index is 12.4. The molecule has 0 saturated carbocycles. The highest BCUT2D eigenvalue weighted by molar-refractivity contribution is 5.81. The van der Waals surface area contributed by atoms with Gasteiger partial charge in [-0.05, 0) is 45.3 Å². The van der Waals surface area contributed by atoms with Crippen molar-refractivity contribution in [2.45, 2.75) is 52.6 Å². The van der Waals surface area contributed by atoms with Gasteiger partial charge in [0, 0.05) is 38.8 Å². The van der Waals surface area contributed by atoms with Gasteiger partial charge < -0.3 is 20.9 Å². The second-order valence-electron chi connectivity index (χ2n) is 7.68. The van der Waals surface area contributed by atoms with Crippen LogP contribution in [0.3, 0.4) is 0 Å². The van der Waals surface area contributed by atoms with Crippen molar-refractivity contribution in [3.63, 3.8) is 0 Å². The monoisotopic (exact) mass is 369 g/mol. The first-order valence-electron chi connectivity index (χ1n) is 10.1. The molecule has 0 radical (unpaired) electrons. The Hall–Kier alpha value is -1.18. The standard InChI is InChI=1S/C18H36N4O.CH3NO/c1-5-20-8-6-17(7-9-20)14-21-10-12-22(13-11-21)18(23)16(4)19-15(2)3;2-1-3/h15-17,19H,5-14H2,1-4H3;1H,(H2,2,3). The Balaban J connectivity index is 0.00000105. The number of hydrogen-bond acceptors (Lipinski definition) is 5. The number of likely N-dealkylation sites (tertiary alicyclic amines) is 1. The number of amides is 2. The van der Waals surface area contributed by atoms with Crippen molar-refractivity contribution in [3.8, 4) is 0 Å². The van der Waals surface area contributed by atoms with Crippen molar-refractivity contribution in [1.29, 1.82) is 0 Å². The van der Waals surface area contributed by atoms with E-state index in [1.807, 2.05) is 11.8 Å². The Morgan fingerprint density at radius 2 is 1.62 bits per heavy atom. The highest BCUT2D eigenvalue weighted by Gasteiger charge is 2.27. The molecule has 152 valence electrons. The van der Waals surface area contributed by atoms with Crippen LogP contribution in [0.5, 0.6) is 0 Å². The highest BCUT2D eigenvalue weighted by Crippen LogP contribution is 2.19. The average molecular weight is 370 g/mol. The topological polar surface area (TPSA) is 81.9 Å². The van der Waals surface area contributed by atoms with E-state index in [1.165, 1.54) is 39.0 Å². The number of primary amides is 1. The molecule has 1 atom stereocenters. The van der Waals surface area contributed by atoms with E-state index >= 15 is 0 Å². The SMILES string of the molecule is CCN1CCC(CN2CCN(C(=O)C(C)NC(C)C)CC2)CC1.NC=O. The smallest absolute Gasteiger partial charge is 0.239 e. The van der Waals surface area contributed by atoms with E-state index in [0.717, 1.165) is 32.1 Å². The van der Waals surface area contributed by atoms with Crippen LogP contribution in [-0.2, 0) is 9.59 Å². The maximum Gasteiger partial charge on any atom is 0.239 e. The molecule has 26 heavy (non-hydrogen) atoms. The number of rotatable bonds is 6. The number of hydrogen-bond donors (Lipinski definition) is 2. The number of nitrogens with two attached hydrogens (primary N) is 1. The molecule has 0 aromatic heterocycles. The largest absolute Gasteiger partial charge is 0.372 e. The number of nitrogens with one attached hydrogen (secondary N) is 1. The third kappa shape index (κ3) is 8.01. The molecule has 2 rings (SSSR count). The lowest BCUT2D eigenvalue weighted by Gasteiger charge is -2.39. The Morgan fingerprint density at radius 3 is 2.08 bits per heavy atom. The van der Waals surface area contributed by atoms with E-state index in [2.05, 4.69) is 41.6 Å². The van der Waals surface area contributed by atoms with Crippen molar-refractivity contribution in [1.82, 2.24) is 20.0 Å². The van der Waals surface area contributed by atoms with Crippen molar-refractivity contribution in [2.24, 2.45) is 11.7 Å². The van der Waals surface area contributed by atoms with Crippen LogP contribution >= 0.6 is 0 Å². The Labute approximate surface area is 159 Å². The number of carbonyl (C=O) groups is 2. The summed E-state index contributed by atoms with van der Waals surface area (Å²) in [7, 11) is 0. The third-order valence-corrected chi connectivity index (χ3v) is 5.31. The summed E-state index contributed by atoms with van der Waals surface area (Å²) < 4.78 is 0. The summed E-state index contributed by atoms with van der Waals surface area (Å²) in [4.78, 5) is 28.2. The van der Waals surface area contributed by atoms with Gasteiger partial charge >= 0.3 is 0 Å². The van der Waals surface area contributed by atoms with Gasteiger partial charge in [-0.2, -0.15) is 0 Å². The van der Waals surface area contributed by atoms with Crippen molar-refractivity contribution in [3.05, 3.63) is 0 Å². The molecular formula is C19H39N5O2. The predicted octanol–water partition coefficient (Wildman–Crippen LogP) is 0.351. The van der Waals surface area contributed by atoms with E-state index in [0.29, 0.717) is 6.04 Å². The van der Waals surface area contributed by atoms with Crippen LogP contribution in [0.2, 0.25) is 0 Å². The predicted molar refractivity (Wildman–Crippen MR) is 106 cm³/mol. The molecule has 0 aromatic rings. The first-order chi connectivity index (χ1) is 12.4. The van der Waals surface area contributed by atoms with Crippen molar-refractivity contribution in [2.75, 3.05) is 52.4 Å². The zero-order valence-corrected chi connectivity index (χ0v) is 17.1.